The van der Waals surface area contributed by atoms with E-state index < -0.39 is 0 Å². The van der Waals surface area contributed by atoms with E-state index in [4.69, 9.17) is 5.10 Å². The first-order valence-corrected chi connectivity index (χ1v) is 10.5. The van der Waals surface area contributed by atoms with Crippen LogP contribution < -0.4 is 10.5 Å². The van der Waals surface area contributed by atoms with Crippen molar-refractivity contribution in [2.75, 3.05) is 11.4 Å². The van der Waals surface area contributed by atoms with Gasteiger partial charge in [0, 0.05) is 30.3 Å². The lowest BCUT2D eigenvalue weighted by molar-refractivity contribution is 0.410. The SMILES string of the molecule is O=c1cc2c(nn1CC1CCCN1c1cc(C3CCC3)ncn1)CCCC2. The first-order chi connectivity index (χ1) is 13.3. The maximum absolute atomic E-state index is 12.6. The third-order valence-electron chi connectivity index (χ3n) is 6.53. The van der Waals surface area contributed by atoms with Crippen LogP contribution in [0, 0.1) is 0 Å². The summed E-state index contributed by atoms with van der Waals surface area (Å²) in [5.74, 6) is 1.62. The minimum Gasteiger partial charge on any atom is -0.352 e. The Balaban J connectivity index is 1.38. The van der Waals surface area contributed by atoms with Crippen molar-refractivity contribution in [3.63, 3.8) is 0 Å². The summed E-state index contributed by atoms with van der Waals surface area (Å²) in [4.78, 5) is 24.0. The maximum atomic E-state index is 12.6. The first-order valence-electron chi connectivity index (χ1n) is 10.5. The van der Waals surface area contributed by atoms with Gasteiger partial charge in [-0.2, -0.15) is 5.10 Å². The van der Waals surface area contributed by atoms with E-state index in [1.807, 2.05) is 6.07 Å². The van der Waals surface area contributed by atoms with E-state index in [0.29, 0.717) is 12.5 Å². The fourth-order valence-corrected chi connectivity index (χ4v) is 4.70. The minimum absolute atomic E-state index is 0.0420. The van der Waals surface area contributed by atoms with Gasteiger partial charge < -0.3 is 4.90 Å². The molecule has 3 aliphatic rings. The largest absolute Gasteiger partial charge is 0.352 e. The Bertz CT molecular complexity index is 888. The molecule has 0 N–H and O–H groups in total. The van der Waals surface area contributed by atoms with E-state index in [0.717, 1.165) is 49.3 Å². The van der Waals surface area contributed by atoms with Gasteiger partial charge in [0.15, 0.2) is 0 Å². The van der Waals surface area contributed by atoms with Crippen molar-refractivity contribution in [1.29, 1.82) is 0 Å². The van der Waals surface area contributed by atoms with Gasteiger partial charge in [-0.25, -0.2) is 14.6 Å². The lowest BCUT2D eigenvalue weighted by Gasteiger charge is -2.29. The molecule has 2 aromatic rings. The second kappa shape index (κ2) is 7.06. The van der Waals surface area contributed by atoms with Crippen molar-refractivity contribution in [3.05, 3.63) is 45.8 Å². The highest BCUT2D eigenvalue weighted by Crippen LogP contribution is 2.36. The van der Waals surface area contributed by atoms with Crippen LogP contribution in [0.3, 0.4) is 0 Å². The van der Waals surface area contributed by atoms with Gasteiger partial charge in [0.2, 0.25) is 0 Å². The highest BCUT2D eigenvalue weighted by atomic mass is 16.1. The summed E-state index contributed by atoms with van der Waals surface area (Å²) < 4.78 is 1.70. The van der Waals surface area contributed by atoms with E-state index >= 15 is 0 Å². The summed E-state index contributed by atoms with van der Waals surface area (Å²) in [6.07, 6.45) is 12.1. The van der Waals surface area contributed by atoms with Crippen molar-refractivity contribution < 1.29 is 0 Å². The maximum Gasteiger partial charge on any atom is 0.267 e. The molecule has 0 amide bonds. The molecule has 142 valence electrons. The zero-order valence-corrected chi connectivity index (χ0v) is 15.8. The molecule has 1 saturated carbocycles. The Hall–Kier alpha value is -2.24. The van der Waals surface area contributed by atoms with Crippen molar-refractivity contribution in [1.82, 2.24) is 19.7 Å². The lowest BCUT2D eigenvalue weighted by atomic mass is 9.83. The van der Waals surface area contributed by atoms with Gasteiger partial charge in [-0.15, -0.1) is 0 Å². The van der Waals surface area contributed by atoms with E-state index in [1.165, 1.54) is 37.8 Å². The molecule has 5 rings (SSSR count). The number of hydrogen-bond donors (Lipinski definition) is 0. The Labute approximate surface area is 159 Å². The molecule has 1 unspecified atom stereocenters. The Morgan fingerprint density at radius 2 is 1.89 bits per heavy atom. The summed E-state index contributed by atoms with van der Waals surface area (Å²) in [5, 5.41) is 4.72. The molecule has 0 radical (unpaired) electrons. The van der Waals surface area contributed by atoms with E-state index in [1.54, 1.807) is 11.0 Å². The number of rotatable bonds is 4. The van der Waals surface area contributed by atoms with Gasteiger partial charge in [0.1, 0.15) is 12.1 Å². The third kappa shape index (κ3) is 3.26. The summed E-state index contributed by atoms with van der Waals surface area (Å²) in [7, 11) is 0. The van der Waals surface area contributed by atoms with Gasteiger partial charge >= 0.3 is 0 Å². The molecule has 6 heteroatoms. The van der Waals surface area contributed by atoms with Crippen LogP contribution >= 0.6 is 0 Å². The van der Waals surface area contributed by atoms with Crippen molar-refractivity contribution >= 4 is 5.82 Å². The molecule has 0 bridgehead atoms. The van der Waals surface area contributed by atoms with E-state index in [-0.39, 0.29) is 11.6 Å². The average molecular weight is 365 g/mol. The zero-order valence-electron chi connectivity index (χ0n) is 15.8. The highest BCUT2D eigenvalue weighted by Gasteiger charge is 2.29. The number of aryl methyl sites for hydroxylation is 2. The van der Waals surface area contributed by atoms with E-state index in [2.05, 4.69) is 20.9 Å². The molecule has 2 aliphatic carbocycles. The van der Waals surface area contributed by atoms with Crippen LogP contribution in [0.5, 0.6) is 0 Å². The molecule has 6 nitrogen and oxygen atoms in total. The topological polar surface area (TPSA) is 63.9 Å². The second-order valence-electron chi connectivity index (χ2n) is 8.26. The monoisotopic (exact) mass is 365 g/mol. The molecule has 2 fully saturated rings. The van der Waals surface area contributed by atoms with Crippen LogP contribution in [0.15, 0.2) is 23.3 Å². The van der Waals surface area contributed by atoms with Crippen molar-refractivity contribution in [2.24, 2.45) is 0 Å². The van der Waals surface area contributed by atoms with Crippen LogP contribution in [0.2, 0.25) is 0 Å². The summed E-state index contributed by atoms with van der Waals surface area (Å²) in [5.41, 5.74) is 3.51. The molecule has 3 heterocycles. The molecule has 27 heavy (non-hydrogen) atoms. The quantitative estimate of drug-likeness (QED) is 0.834. The van der Waals surface area contributed by atoms with Crippen molar-refractivity contribution in [3.8, 4) is 0 Å². The van der Waals surface area contributed by atoms with Crippen LogP contribution in [-0.4, -0.2) is 32.3 Å². The number of nitrogens with zero attached hydrogens (tertiary/aromatic N) is 5. The lowest BCUT2D eigenvalue weighted by Crippen LogP contribution is -2.38. The number of anilines is 1. The average Bonchev–Trinajstić information content (AvgIpc) is 3.09. The number of aromatic nitrogens is 4. The number of hydrogen-bond acceptors (Lipinski definition) is 5. The molecule has 1 aliphatic heterocycles. The molecule has 0 spiro atoms. The van der Waals surface area contributed by atoms with Gasteiger partial charge in [-0.1, -0.05) is 6.42 Å². The van der Waals surface area contributed by atoms with Gasteiger partial charge in [0.25, 0.3) is 5.56 Å². The fourth-order valence-electron chi connectivity index (χ4n) is 4.70. The van der Waals surface area contributed by atoms with Crippen LogP contribution in [-0.2, 0) is 19.4 Å². The Morgan fingerprint density at radius 3 is 2.74 bits per heavy atom. The van der Waals surface area contributed by atoms with Gasteiger partial charge in [-0.3, -0.25) is 4.79 Å². The number of fused-ring (bicyclic) bond motifs is 1. The predicted molar refractivity (Wildman–Crippen MR) is 104 cm³/mol. The second-order valence-corrected chi connectivity index (χ2v) is 8.26. The predicted octanol–water partition coefficient (Wildman–Crippen LogP) is 2.85. The molecule has 0 aromatic carbocycles. The molecule has 2 aromatic heterocycles. The normalized spacial score (nSPS) is 22.5. The molecule has 1 saturated heterocycles. The van der Waals surface area contributed by atoms with Gasteiger partial charge in [-0.05, 0) is 56.9 Å². The molecular weight excluding hydrogens is 338 g/mol. The van der Waals surface area contributed by atoms with Gasteiger partial charge in [0.05, 0.1) is 18.3 Å². The van der Waals surface area contributed by atoms with Crippen molar-refractivity contribution in [2.45, 2.75) is 76.3 Å². The van der Waals surface area contributed by atoms with Crippen LogP contribution in [0.4, 0.5) is 5.82 Å². The van der Waals surface area contributed by atoms with Crippen LogP contribution in [0.1, 0.15) is 67.8 Å². The third-order valence-corrected chi connectivity index (χ3v) is 6.53. The fraction of sp³-hybridized carbons (Fsp3) is 0.619. The Morgan fingerprint density at radius 1 is 1.00 bits per heavy atom. The Kier molecular flexibility index (Phi) is 4.42. The standard InChI is InChI=1S/C21H27N5O/c27-21-11-16-5-1-2-9-18(16)24-26(21)13-17-8-4-10-25(17)20-12-19(22-14-23-20)15-6-3-7-15/h11-12,14-15,17H,1-10,13H2. The smallest absolute Gasteiger partial charge is 0.267 e. The van der Waals surface area contributed by atoms with Crippen LogP contribution in [0.25, 0.3) is 0 Å². The summed E-state index contributed by atoms with van der Waals surface area (Å²) in [6.45, 7) is 1.64. The summed E-state index contributed by atoms with van der Waals surface area (Å²) in [6, 6.07) is 4.27. The zero-order chi connectivity index (χ0) is 18.2. The molecular formula is C21H27N5O. The summed E-state index contributed by atoms with van der Waals surface area (Å²) >= 11 is 0. The van der Waals surface area contributed by atoms with E-state index in [9.17, 15) is 4.79 Å². The minimum atomic E-state index is 0.0420. The highest BCUT2D eigenvalue weighted by molar-refractivity contribution is 5.42. The molecule has 1 atom stereocenters. The first kappa shape index (κ1) is 16.9.